The average molecular weight is 261 g/mol. The molecule has 1 atom stereocenters. The molecule has 0 radical (unpaired) electrons. The minimum atomic E-state index is -0.206. The Morgan fingerprint density at radius 3 is 2.44 bits per heavy atom. The topological polar surface area (TPSA) is 20.2 Å². The van der Waals surface area contributed by atoms with E-state index in [1.54, 1.807) is 0 Å². The van der Waals surface area contributed by atoms with Gasteiger partial charge in [0.1, 0.15) is 0 Å². The highest BCUT2D eigenvalue weighted by Crippen LogP contribution is 2.23. The van der Waals surface area contributed by atoms with Gasteiger partial charge in [0.25, 0.3) is 0 Å². The highest BCUT2D eigenvalue weighted by molar-refractivity contribution is 6.42. The van der Waals surface area contributed by atoms with Gasteiger partial charge in [0, 0.05) is 0 Å². The standard InChI is InChI=1S/C13H18Cl2O/c1-9(2)13(16)5-3-4-10-6-7-11(14)12(15)8-10/h6-9,13,16H,3-5H2,1-2H3. The van der Waals surface area contributed by atoms with Crippen LogP contribution in [0.5, 0.6) is 0 Å². The Labute approximate surface area is 107 Å². The van der Waals surface area contributed by atoms with Crippen LogP contribution in [0.15, 0.2) is 18.2 Å². The molecule has 1 aromatic rings. The van der Waals surface area contributed by atoms with Crippen molar-refractivity contribution in [2.45, 2.75) is 39.2 Å². The summed E-state index contributed by atoms with van der Waals surface area (Å²) in [5, 5.41) is 10.8. The second-order valence-corrected chi connectivity index (χ2v) is 5.27. The van der Waals surface area contributed by atoms with E-state index in [1.165, 1.54) is 5.56 Å². The third-order valence-corrected chi connectivity index (χ3v) is 3.46. The van der Waals surface area contributed by atoms with Crippen LogP contribution in [-0.2, 0) is 6.42 Å². The molecular formula is C13H18Cl2O. The molecular weight excluding hydrogens is 243 g/mol. The first kappa shape index (κ1) is 13.8. The van der Waals surface area contributed by atoms with Crippen LogP contribution in [0.3, 0.4) is 0 Å². The molecule has 0 aromatic heterocycles. The third-order valence-electron chi connectivity index (χ3n) is 2.72. The number of benzene rings is 1. The molecule has 0 aliphatic heterocycles. The van der Waals surface area contributed by atoms with E-state index in [0.29, 0.717) is 16.0 Å². The van der Waals surface area contributed by atoms with Crippen molar-refractivity contribution in [3.63, 3.8) is 0 Å². The Morgan fingerprint density at radius 1 is 1.19 bits per heavy atom. The fourth-order valence-electron chi connectivity index (χ4n) is 1.54. The zero-order chi connectivity index (χ0) is 12.1. The lowest BCUT2D eigenvalue weighted by Crippen LogP contribution is -2.14. The van der Waals surface area contributed by atoms with Crippen LogP contribution in [-0.4, -0.2) is 11.2 Å². The van der Waals surface area contributed by atoms with Gasteiger partial charge in [0.05, 0.1) is 16.1 Å². The summed E-state index contributed by atoms with van der Waals surface area (Å²) < 4.78 is 0. The fourth-order valence-corrected chi connectivity index (χ4v) is 1.86. The number of aryl methyl sites for hydroxylation is 1. The molecule has 1 unspecified atom stereocenters. The molecule has 0 bridgehead atoms. The SMILES string of the molecule is CC(C)C(O)CCCc1ccc(Cl)c(Cl)c1. The number of hydrogen-bond acceptors (Lipinski definition) is 1. The van der Waals surface area contributed by atoms with E-state index in [0.717, 1.165) is 19.3 Å². The predicted molar refractivity (Wildman–Crippen MR) is 70.2 cm³/mol. The zero-order valence-corrected chi connectivity index (χ0v) is 11.2. The normalized spacial score (nSPS) is 13.1. The second kappa shape index (κ2) is 6.48. The van der Waals surface area contributed by atoms with Crippen molar-refractivity contribution in [3.8, 4) is 0 Å². The van der Waals surface area contributed by atoms with Crippen molar-refractivity contribution >= 4 is 23.2 Å². The number of hydrogen-bond donors (Lipinski definition) is 1. The van der Waals surface area contributed by atoms with Crippen molar-refractivity contribution in [1.82, 2.24) is 0 Å². The number of aliphatic hydroxyl groups is 1. The Morgan fingerprint density at radius 2 is 1.88 bits per heavy atom. The van der Waals surface area contributed by atoms with Crippen LogP contribution in [0, 0.1) is 5.92 Å². The van der Waals surface area contributed by atoms with Crippen LogP contribution in [0.1, 0.15) is 32.3 Å². The molecule has 0 spiro atoms. The lowest BCUT2D eigenvalue weighted by molar-refractivity contribution is 0.114. The van der Waals surface area contributed by atoms with Crippen molar-refractivity contribution < 1.29 is 5.11 Å². The molecule has 1 rings (SSSR count). The van der Waals surface area contributed by atoms with Crippen molar-refractivity contribution in [1.29, 1.82) is 0 Å². The minimum Gasteiger partial charge on any atom is -0.393 e. The summed E-state index contributed by atoms with van der Waals surface area (Å²) >= 11 is 11.8. The summed E-state index contributed by atoms with van der Waals surface area (Å²) in [5.74, 6) is 0.328. The van der Waals surface area contributed by atoms with Crippen LogP contribution in [0.2, 0.25) is 10.0 Å². The second-order valence-electron chi connectivity index (χ2n) is 4.45. The first-order valence-corrected chi connectivity index (χ1v) is 6.38. The molecule has 1 nitrogen and oxygen atoms in total. The van der Waals surface area contributed by atoms with Crippen molar-refractivity contribution in [3.05, 3.63) is 33.8 Å². The Hall–Kier alpha value is -0.240. The fraction of sp³-hybridized carbons (Fsp3) is 0.538. The largest absolute Gasteiger partial charge is 0.393 e. The maximum absolute atomic E-state index is 9.66. The minimum absolute atomic E-state index is 0.206. The lowest BCUT2D eigenvalue weighted by atomic mass is 9.99. The molecule has 90 valence electrons. The van der Waals surface area contributed by atoms with E-state index in [-0.39, 0.29) is 6.10 Å². The van der Waals surface area contributed by atoms with Gasteiger partial charge in [0.15, 0.2) is 0 Å². The highest BCUT2D eigenvalue weighted by Gasteiger charge is 2.08. The van der Waals surface area contributed by atoms with Gasteiger partial charge < -0.3 is 5.11 Å². The van der Waals surface area contributed by atoms with Gasteiger partial charge >= 0.3 is 0 Å². The average Bonchev–Trinajstić information content (AvgIpc) is 2.23. The maximum atomic E-state index is 9.66. The van der Waals surface area contributed by atoms with E-state index in [4.69, 9.17) is 23.2 Å². The molecule has 0 saturated heterocycles. The molecule has 3 heteroatoms. The van der Waals surface area contributed by atoms with E-state index in [9.17, 15) is 5.11 Å². The smallest absolute Gasteiger partial charge is 0.0595 e. The van der Waals surface area contributed by atoms with E-state index < -0.39 is 0 Å². The number of halogens is 2. The molecule has 0 saturated carbocycles. The quantitative estimate of drug-likeness (QED) is 0.836. The Bertz CT molecular complexity index is 337. The van der Waals surface area contributed by atoms with E-state index in [1.807, 2.05) is 32.0 Å². The van der Waals surface area contributed by atoms with E-state index in [2.05, 4.69) is 0 Å². The summed E-state index contributed by atoms with van der Waals surface area (Å²) in [6, 6.07) is 5.69. The van der Waals surface area contributed by atoms with E-state index >= 15 is 0 Å². The van der Waals surface area contributed by atoms with Crippen molar-refractivity contribution in [2.24, 2.45) is 5.92 Å². The molecule has 0 fully saturated rings. The summed E-state index contributed by atoms with van der Waals surface area (Å²) in [5.41, 5.74) is 1.17. The molecule has 16 heavy (non-hydrogen) atoms. The monoisotopic (exact) mass is 260 g/mol. The van der Waals surface area contributed by atoms with Crippen LogP contribution in [0.25, 0.3) is 0 Å². The number of aliphatic hydroxyl groups excluding tert-OH is 1. The third kappa shape index (κ3) is 4.32. The molecule has 1 aromatic carbocycles. The number of rotatable bonds is 5. The van der Waals surface area contributed by atoms with Gasteiger partial charge in [-0.15, -0.1) is 0 Å². The first-order chi connectivity index (χ1) is 7.50. The van der Waals surface area contributed by atoms with Crippen molar-refractivity contribution in [2.75, 3.05) is 0 Å². The van der Waals surface area contributed by atoms with Gasteiger partial charge in [-0.1, -0.05) is 43.1 Å². The summed E-state index contributed by atoms with van der Waals surface area (Å²) in [4.78, 5) is 0. The Kier molecular flexibility index (Phi) is 5.60. The summed E-state index contributed by atoms with van der Waals surface area (Å²) in [7, 11) is 0. The molecule has 0 amide bonds. The lowest BCUT2D eigenvalue weighted by Gasteiger charge is -2.13. The summed E-state index contributed by atoms with van der Waals surface area (Å²) in [6.45, 7) is 4.06. The predicted octanol–water partition coefficient (Wildman–Crippen LogP) is 4.33. The molecule has 0 heterocycles. The zero-order valence-electron chi connectivity index (χ0n) is 9.71. The van der Waals surface area contributed by atoms with Gasteiger partial charge in [-0.2, -0.15) is 0 Å². The molecule has 0 aliphatic carbocycles. The maximum Gasteiger partial charge on any atom is 0.0595 e. The van der Waals surface area contributed by atoms with Crippen LogP contribution < -0.4 is 0 Å². The van der Waals surface area contributed by atoms with Crippen LogP contribution >= 0.6 is 23.2 Å². The van der Waals surface area contributed by atoms with Gasteiger partial charge in [0.2, 0.25) is 0 Å². The Balaban J connectivity index is 2.40. The summed E-state index contributed by atoms with van der Waals surface area (Å²) in [6.07, 6.45) is 2.53. The van der Waals surface area contributed by atoms with Gasteiger partial charge in [-0.05, 0) is 42.9 Å². The highest BCUT2D eigenvalue weighted by atomic mass is 35.5. The van der Waals surface area contributed by atoms with Gasteiger partial charge in [-0.25, -0.2) is 0 Å². The van der Waals surface area contributed by atoms with Crippen LogP contribution in [0.4, 0.5) is 0 Å². The first-order valence-electron chi connectivity index (χ1n) is 5.62. The molecule has 1 N–H and O–H groups in total. The van der Waals surface area contributed by atoms with Gasteiger partial charge in [-0.3, -0.25) is 0 Å². The molecule has 0 aliphatic rings.